The molecule has 2 amide bonds. The lowest BCUT2D eigenvalue weighted by Gasteiger charge is -2.33. The number of para-hydroxylation sites is 1. The highest BCUT2D eigenvalue weighted by atomic mass is 16.2. The third-order valence-corrected chi connectivity index (χ3v) is 5.67. The second-order valence-electron chi connectivity index (χ2n) is 8.72. The number of nitrogens with zero attached hydrogens (tertiary/aromatic N) is 4. The lowest BCUT2D eigenvalue weighted by molar-refractivity contribution is -0.111. The fourth-order valence-electron chi connectivity index (χ4n) is 3.94. The van der Waals surface area contributed by atoms with Crippen molar-refractivity contribution in [2.75, 3.05) is 44.4 Å². The molecule has 8 nitrogen and oxygen atoms in total. The first-order chi connectivity index (χ1) is 16.5. The number of piperidine rings is 1. The van der Waals surface area contributed by atoms with Crippen molar-refractivity contribution in [2.45, 2.75) is 18.9 Å². The molecule has 0 spiro atoms. The van der Waals surface area contributed by atoms with Gasteiger partial charge in [0.2, 0.25) is 11.9 Å². The fourth-order valence-corrected chi connectivity index (χ4v) is 3.94. The normalized spacial score (nSPS) is 16.2. The maximum Gasteiger partial charge on any atom is 0.253 e. The Hall–Kier alpha value is -3.78. The molecule has 34 heavy (non-hydrogen) atoms. The third-order valence-electron chi connectivity index (χ3n) is 5.67. The molecule has 8 heteroatoms. The van der Waals surface area contributed by atoms with Gasteiger partial charge >= 0.3 is 0 Å². The Morgan fingerprint density at radius 3 is 2.74 bits per heavy atom. The van der Waals surface area contributed by atoms with Gasteiger partial charge in [0, 0.05) is 54.6 Å². The lowest BCUT2D eigenvalue weighted by atomic mass is 10.0. The number of likely N-dealkylation sites (tertiary alicyclic amines) is 1. The molecule has 0 radical (unpaired) electrons. The zero-order chi connectivity index (χ0) is 23.9. The van der Waals surface area contributed by atoms with E-state index >= 15 is 0 Å². The number of fused-ring (bicyclic) bond motifs is 1. The molecule has 0 bridgehead atoms. The van der Waals surface area contributed by atoms with Crippen LogP contribution in [0.4, 0.5) is 11.6 Å². The summed E-state index contributed by atoms with van der Waals surface area (Å²) in [5.41, 5.74) is 2.15. The highest BCUT2D eigenvalue weighted by molar-refractivity contribution is 6.00. The van der Waals surface area contributed by atoms with Crippen molar-refractivity contribution in [1.29, 1.82) is 0 Å². The van der Waals surface area contributed by atoms with Crippen LogP contribution in [0.25, 0.3) is 10.9 Å². The number of hydrogen-bond donors (Lipinski definition) is 2. The predicted molar refractivity (Wildman–Crippen MR) is 135 cm³/mol. The van der Waals surface area contributed by atoms with Crippen LogP contribution >= 0.6 is 0 Å². The summed E-state index contributed by atoms with van der Waals surface area (Å²) in [5.74, 6) is 0.370. The van der Waals surface area contributed by atoms with Gasteiger partial charge in [-0.1, -0.05) is 24.3 Å². The van der Waals surface area contributed by atoms with Gasteiger partial charge in [0.05, 0.1) is 5.52 Å². The standard InChI is InChI=1S/C26H30N6O2/c1-31(2)15-6-10-24(33)28-21-13-11-19(12-14-21)25(34)32-16-5-8-22(18-32)29-26-27-17-20-7-3-4-9-23(20)30-26/h3-4,6-7,9-14,17,22H,5,8,15-16,18H2,1-2H3,(H,28,33)(H,27,29,30)/b10-6+/t22-/m1/s1. The molecule has 1 fully saturated rings. The number of benzene rings is 2. The van der Waals surface area contributed by atoms with Crippen molar-refractivity contribution in [3.8, 4) is 0 Å². The molecule has 3 aromatic rings. The Bertz CT molecular complexity index is 1180. The average molecular weight is 459 g/mol. The van der Waals surface area contributed by atoms with E-state index in [2.05, 4.69) is 20.6 Å². The van der Waals surface area contributed by atoms with E-state index in [0.29, 0.717) is 36.8 Å². The van der Waals surface area contributed by atoms with Crippen LogP contribution in [0.2, 0.25) is 0 Å². The van der Waals surface area contributed by atoms with Crippen molar-refractivity contribution in [1.82, 2.24) is 19.8 Å². The van der Waals surface area contributed by atoms with Crippen LogP contribution in [0, 0.1) is 0 Å². The summed E-state index contributed by atoms with van der Waals surface area (Å²) in [6.45, 7) is 1.99. The van der Waals surface area contributed by atoms with E-state index in [-0.39, 0.29) is 17.9 Å². The summed E-state index contributed by atoms with van der Waals surface area (Å²) in [5, 5.41) is 7.20. The van der Waals surface area contributed by atoms with Crippen LogP contribution in [0.1, 0.15) is 23.2 Å². The van der Waals surface area contributed by atoms with E-state index in [1.54, 1.807) is 30.3 Å². The van der Waals surface area contributed by atoms with E-state index < -0.39 is 0 Å². The van der Waals surface area contributed by atoms with Crippen LogP contribution in [0.3, 0.4) is 0 Å². The van der Waals surface area contributed by atoms with Gasteiger partial charge in [-0.25, -0.2) is 9.97 Å². The number of anilines is 2. The Kier molecular flexibility index (Phi) is 7.49. The zero-order valence-corrected chi connectivity index (χ0v) is 19.6. The molecule has 2 N–H and O–H groups in total. The molecular formula is C26H30N6O2. The van der Waals surface area contributed by atoms with E-state index in [1.165, 1.54) is 6.08 Å². The van der Waals surface area contributed by atoms with Crippen molar-refractivity contribution in [3.63, 3.8) is 0 Å². The molecule has 1 aliphatic heterocycles. The van der Waals surface area contributed by atoms with Crippen molar-refractivity contribution in [2.24, 2.45) is 0 Å². The highest BCUT2D eigenvalue weighted by Gasteiger charge is 2.25. The Balaban J connectivity index is 1.34. The van der Waals surface area contributed by atoms with Crippen LogP contribution < -0.4 is 10.6 Å². The van der Waals surface area contributed by atoms with Crippen LogP contribution in [0.5, 0.6) is 0 Å². The summed E-state index contributed by atoms with van der Waals surface area (Å²) in [4.78, 5) is 37.9. The first-order valence-corrected chi connectivity index (χ1v) is 11.5. The van der Waals surface area contributed by atoms with E-state index in [4.69, 9.17) is 0 Å². The van der Waals surface area contributed by atoms with Gasteiger partial charge in [-0.2, -0.15) is 0 Å². The molecule has 1 atom stereocenters. The van der Waals surface area contributed by atoms with Gasteiger partial charge in [-0.05, 0) is 57.3 Å². The second kappa shape index (κ2) is 10.9. The molecule has 0 aliphatic carbocycles. The number of likely N-dealkylation sites (N-methyl/N-ethyl adjacent to an activating group) is 1. The maximum atomic E-state index is 13.1. The van der Waals surface area contributed by atoms with Gasteiger partial charge < -0.3 is 20.4 Å². The number of carbonyl (C=O) groups excluding carboxylic acids is 2. The molecular weight excluding hydrogens is 428 g/mol. The average Bonchev–Trinajstić information content (AvgIpc) is 2.84. The number of amides is 2. The minimum atomic E-state index is -0.193. The Morgan fingerprint density at radius 1 is 1.15 bits per heavy atom. The van der Waals surface area contributed by atoms with Gasteiger partial charge in [0.25, 0.3) is 5.91 Å². The lowest BCUT2D eigenvalue weighted by Crippen LogP contribution is -2.45. The maximum absolute atomic E-state index is 13.1. The van der Waals surface area contributed by atoms with Crippen molar-refractivity contribution >= 4 is 34.4 Å². The summed E-state index contributed by atoms with van der Waals surface area (Å²) in [6.07, 6.45) is 6.99. The number of nitrogens with one attached hydrogen (secondary N) is 2. The fraction of sp³-hybridized carbons (Fsp3) is 0.308. The Morgan fingerprint density at radius 2 is 1.94 bits per heavy atom. The van der Waals surface area contributed by atoms with Crippen LogP contribution in [-0.4, -0.2) is 71.4 Å². The summed E-state index contributed by atoms with van der Waals surface area (Å²) in [6, 6.07) is 15.0. The molecule has 0 unspecified atom stereocenters. The summed E-state index contributed by atoms with van der Waals surface area (Å²) >= 11 is 0. The third kappa shape index (κ3) is 6.17. The smallest absolute Gasteiger partial charge is 0.253 e. The summed E-state index contributed by atoms with van der Waals surface area (Å²) < 4.78 is 0. The number of aromatic nitrogens is 2. The zero-order valence-electron chi connectivity index (χ0n) is 19.6. The summed E-state index contributed by atoms with van der Waals surface area (Å²) in [7, 11) is 3.88. The van der Waals surface area contributed by atoms with E-state index in [1.807, 2.05) is 54.4 Å². The monoisotopic (exact) mass is 458 g/mol. The van der Waals surface area contributed by atoms with Crippen molar-refractivity contribution < 1.29 is 9.59 Å². The quantitative estimate of drug-likeness (QED) is 0.528. The number of carbonyl (C=O) groups is 2. The van der Waals surface area contributed by atoms with Gasteiger partial charge in [0.15, 0.2) is 0 Å². The van der Waals surface area contributed by atoms with Gasteiger partial charge in [0.1, 0.15) is 0 Å². The highest BCUT2D eigenvalue weighted by Crippen LogP contribution is 2.19. The number of rotatable bonds is 7. The van der Waals surface area contributed by atoms with Crippen LogP contribution in [-0.2, 0) is 4.79 Å². The molecule has 2 heterocycles. The first-order valence-electron chi connectivity index (χ1n) is 11.5. The van der Waals surface area contributed by atoms with Gasteiger partial charge in [-0.3, -0.25) is 9.59 Å². The minimum absolute atomic E-state index is 0.0188. The predicted octanol–water partition coefficient (Wildman–Crippen LogP) is 3.40. The van der Waals surface area contributed by atoms with E-state index in [0.717, 1.165) is 23.7 Å². The molecule has 1 saturated heterocycles. The van der Waals surface area contributed by atoms with E-state index in [9.17, 15) is 9.59 Å². The SMILES string of the molecule is CN(C)C/C=C/C(=O)Nc1ccc(C(=O)N2CCC[C@@H](Nc3ncc4ccccc4n3)C2)cc1. The topological polar surface area (TPSA) is 90.5 Å². The molecule has 1 aromatic heterocycles. The molecule has 0 saturated carbocycles. The Labute approximate surface area is 199 Å². The van der Waals surface area contributed by atoms with Crippen molar-refractivity contribution in [3.05, 3.63) is 72.4 Å². The molecule has 1 aliphatic rings. The van der Waals surface area contributed by atoms with Crippen LogP contribution in [0.15, 0.2) is 66.9 Å². The minimum Gasteiger partial charge on any atom is -0.350 e. The van der Waals surface area contributed by atoms with Gasteiger partial charge in [-0.15, -0.1) is 0 Å². The number of hydrogen-bond acceptors (Lipinski definition) is 6. The molecule has 176 valence electrons. The molecule has 4 rings (SSSR count). The largest absolute Gasteiger partial charge is 0.350 e. The molecule has 2 aromatic carbocycles. The first kappa shape index (κ1) is 23.4. The second-order valence-corrected chi connectivity index (χ2v) is 8.72.